The second kappa shape index (κ2) is 10.9. The summed E-state index contributed by atoms with van der Waals surface area (Å²) in [5.41, 5.74) is 3.37. The van der Waals surface area contributed by atoms with E-state index in [1.54, 1.807) is 0 Å². The summed E-state index contributed by atoms with van der Waals surface area (Å²) >= 11 is 0. The number of hydrogen-bond donors (Lipinski definition) is 2. The van der Waals surface area contributed by atoms with Crippen LogP contribution in [-0.2, 0) is 70.2 Å². The predicted octanol–water partition coefficient (Wildman–Crippen LogP) is 3.96. The molecule has 27 heavy (non-hydrogen) atoms. The zero-order valence-electron chi connectivity index (χ0n) is 16.7. The molecule has 2 radical (unpaired) electrons. The normalized spacial score (nSPS) is 38.4. The molecule has 3 aliphatic rings. The van der Waals surface area contributed by atoms with Crippen LogP contribution in [0.4, 0.5) is 0 Å². The van der Waals surface area contributed by atoms with Crippen molar-refractivity contribution >= 4 is 6.29 Å². The third-order valence-electron chi connectivity index (χ3n) is 7.19. The molecule has 144 valence electrons. The van der Waals surface area contributed by atoms with Gasteiger partial charge in [-0.15, -0.1) is 0 Å². The molecule has 0 heterocycles. The number of aliphatic hydroxyl groups excluding tert-OH is 2. The maximum atomic E-state index is 11.3. The molecule has 0 aromatic rings. The smallest absolute Gasteiger partial charge is 0.123 e. The van der Waals surface area contributed by atoms with Crippen LogP contribution in [0.1, 0.15) is 58.8 Å². The van der Waals surface area contributed by atoms with Crippen LogP contribution in [0.5, 0.6) is 0 Å². The van der Waals surface area contributed by atoms with Crippen molar-refractivity contribution in [2.75, 3.05) is 0 Å². The van der Waals surface area contributed by atoms with E-state index in [2.05, 4.69) is 32.6 Å². The number of fused-ring (bicyclic) bond motifs is 1. The molecule has 0 aromatic carbocycles. The number of hydrogen-bond acceptors (Lipinski definition) is 3. The van der Waals surface area contributed by atoms with Crippen LogP contribution in [0.25, 0.3) is 0 Å². The Morgan fingerprint density at radius 3 is 2.37 bits per heavy atom. The molecule has 2 N–H and O–H groups in total. The fourth-order valence-electron chi connectivity index (χ4n) is 5.66. The number of carbonyl (C=O) groups excluding carboxylic acids is 1. The van der Waals surface area contributed by atoms with Crippen molar-refractivity contribution in [3.05, 3.63) is 35.5 Å². The second-order valence-electron chi connectivity index (χ2n) is 8.67. The molecular formula is C22H32O3Y2. The number of aldehydes is 1. The molecule has 0 aliphatic heterocycles. The molecule has 3 rings (SSSR count). The van der Waals surface area contributed by atoms with Crippen LogP contribution in [0.2, 0.25) is 0 Å². The van der Waals surface area contributed by atoms with E-state index >= 15 is 0 Å². The Kier molecular flexibility index (Phi) is 10.5. The summed E-state index contributed by atoms with van der Waals surface area (Å²) in [5, 5.41) is 20.0. The zero-order chi connectivity index (χ0) is 18.2. The molecule has 1 unspecified atom stereocenters. The van der Waals surface area contributed by atoms with E-state index in [0.29, 0.717) is 30.3 Å². The van der Waals surface area contributed by atoms with Crippen molar-refractivity contribution in [2.24, 2.45) is 23.2 Å². The Hall–Kier alpha value is 1.02. The van der Waals surface area contributed by atoms with Crippen molar-refractivity contribution < 1.29 is 80.4 Å². The summed E-state index contributed by atoms with van der Waals surface area (Å²) in [4.78, 5) is 11.3. The van der Waals surface area contributed by atoms with Gasteiger partial charge in [0.15, 0.2) is 0 Å². The van der Waals surface area contributed by atoms with Gasteiger partial charge in [-0.3, -0.25) is 0 Å². The van der Waals surface area contributed by atoms with E-state index in [1.807, 2.05) is 0 Å². The van der Waals surface area contributed by atoms with Gasteiger partial charge in [0, 0.05) is 71.3 Å². The van der Waals surface area contributed by atoms with Crippen LogP contribution in [0.15, 0.2) is 35.5 Å². The third kappa shape index (κ3) is 5.39. The van der Waals surface area contributed by atoms with E-state index < -0.39 is 12.2 Å². The van der Waals surface area contributed by atoms with E-state index in [1.165, 1.54) is 24.8 Å². The fraction of sp³-hybridized carbons (Fsp3) is 0.682. The van der Waals surface area contributed by atoms with Crippen molar-refractivity contribution in [2.45, 2.75) is 71.0 Å². The Morgan fingerprint density at radius 1 is 1.15 bits per heavy atom. The molecule has 0 bridgehead atoms. The summed E-state index contributed by atoms with van der Waals surface area (Å²) in [5.74, 6) is 1.20. The summed E-state index contributed by atoms with van der Waals surface area (Å²) < 4.78 is 0. The van der Waals surface area contributed by atoms with Crippen LogP contribution in [0.3, 0.4) is 0 Å². The van der Waals surface area contributed by atoms with E-state index in [4.69, 9.17) is 0 Å². The molecule has 5 heteroatoms. The zero-order valence-corrected chi connectivity index (χ0v) is 22.4. The van der Waals surface area contributed by atoms with Crippen LogP contribution in [0, 0.1) is 23.2 Å². The Labute approximate surface area is 214 Å². The quantitative estimate of drug-likeness (QED) is 0.436. The van der Waals surface area contributed by atoms with Gasteiger partial charge in [0.2, 0.25) is 0 Å². The van der Waals surface area contributed by atoms with Gasteiger partial charge in [-0.2, -0.15) is 0 Å². The molecule has 0 amide bonds. The van der Waals surface area contributed by atoms with Gasteiger partial charge in [0.1, 0.15) is 6.29 Å². The van der Waals surface area contributed by atoms with Crippen molar-refractivity contribution in [1.82, 2.24) is 0 Å². The van der Waals surface area contributed by atoms with Crippen molar-refractivity contribution in [3.63, 3.8) is 0 Å². The summed E-state index contributed by atoms with van der Waals surface area (Å²) in [6.07, 6.45) is 11.2. The number of rotatable bonds is 3. The first-order valence-corrected chi connectivity index (χ1v) is 9.75. The molecule has 3 saturated carbocycles. The van der Waals surface area contributed by atoms with Gasteiger partial charge in [0.05, 0.1) is 12.2 Å². The molecule has 0 spiro atoms. The molecular weight excluding hydrogens is 490 g/mol. The topological polar surface area (TPSA) is 57.5 Å². The second-order valence-corrected chi connectivity index (χ2v) is 8.67. The summed E-state index contributed by atoms with van der Waals surface area (Å²) in [7, 11) is 0. The largest absolute Gasteiger partial charge is 0.388 e. The number of allylic oxidation sites excluding steroid dienone is 3. The van der Waals surface area contributed by atoms with Crippen LogP contribution in [-0.4, -0.2) is 28.7 Å². The Morgan fingerprint density at radius 2 is 1.78 bits per heavy atom. The maximum Gasteiger partial charge on any atom is 0.123 e. The van der Waals surface area contributed by atoms with Gasteiger partial charge in [-0.05, 0) is 67.8 Å². The third-order valence-corrected chi connectivity index (χ3v) is 7.19. The van der Waals surface area contributed by atoms with Crippen molar-refractivity contribution in [1.29, 1.82) is 0 Å². The molecule has 6 atom stereocenters. The van der Waals surface area contributed by atoms with E-state index in [-0.39, 0.29) is 76.8 Å². The summed E-state index contributed by atoms with van der Waals surface area (Å²) in [6, 6.07) is 0. The minimum Gasteiger partial charge on any atom is -0.388 e. The molecule has 3 fully saturated rings. The van der Waals surface area contributed by atoms with Crippen molar-refractivity contribution in [3.8, 4) is 0 Å². The molecule has 0 aromatic heterocycles. The Balaban J connectivity index is 0.00000182. The molecule has 0 saturated heterocycles. The van der Waals surface area contributed by atoms with Gasteiger partial charge < -0.3 is 15.0 Å². The minimum atomic E-state index is -0.630. The molecule has 3 nitrogen and oxygen atoms in total. The average molecular weight is 522 g/mol. The average Bonchev–Trinajstić information content (AvgIpc) is 2.94. The Bertz CT molecular complexity index is 597. The molecule has 3 aliphatic carbocycles. The number of carbonyl (C=O) groups is 1. The number of aliphatic hydroxyl groups is 2. The maximum absolute atomic E-state index is 11.3. The first-order valence-electron chi connectivity index (χ1n) is 9.75. The van der Waals surface area contributed by atoms with E-state index in [9.17, 15) is 15.0 Å². The van der Waals surface area contributed by atoms with Gasteiger partial charge in [0.25, 0.3) is 0 Å². The predicted molar refractivity (Wildman–Crippen MR) is 100.0 cm³/mol. The van der Waals surface area contributed by atoms with Crippen LogP contribution < -0.4 is 0 Å². The first-order chi connectivity index (χ1) is 11.9. The van der Waals surface area contributed by atoms with Gasteiger partial charge >= 0.3 is 0 Å². The monoisotopic (exact) mass is 522 g/mol. The standard InChI is InChI=1S/C22H32O3.2Y/c1-14(13-23)18-8-9-19-17(5-4-10-22(18,19)3)7-6-16-11-20(24)15(2)21(25)12-16;;/h6-7,13-14,18-21,24-25H,2,4-5,8-12H2,1,3H3;;/b17-7+;;/t14?,18-,19+,20-,21-,22-;;/m1../s1. The fourth-order valence-corrected chi connectivity index (χ4v) is 5.66. The van der Waals surface area contributed by atoms with Crippen LogP contribution >= 0.6 is 0 Å². The minimum absolute atomic E-state index is 0. The van der Waals surface area contributed by atoms with Gasteiger partial charge in [-0.1, -0.05) is 43.7 Å². The SMILES string of the molecule is C=C1[C@H](O)CC(=C/C=C2\CCC[C@]3(C)[C@@H](C(C)C=O)CC[C@@H]23)C[C@H]1O.[Y].[Y]. The first kappa shape index (κ1) is 26.1. The summed E-state index contributed by atoms with van der Waals surface area (Å²) in [6.45, 7) is 8.23. The van der Waals surface area contributed by atoms with Gasteiger partial charge in [-0.25, -0.2) is 0 Å². The van der Waals surface area contributed by atoms with E-state index in [0.717, 1.165) is 24.7 Å².